The highest BCUT2D eigenvalue weighted by Crippen LogP contribution is 2.24. The Morgan fingerprint density at radius 2 is 1.95 bits per heavy atom. The molecule has 20 heavy (non-hydrogen) atoms. The van der Waals surface area contributed by atoms with Crippen LogP contribution < -0.4 is 10.2 Å². The summed E-state index contributed by atoms with van der Waals surface area (Å²) >= 11 is 0. The van der Waals surface area contributed by atoms with E-state index >= 15 is 0 Å². The van der Waals surface area contributed by atoms with E-state index in [2.05, 4.69) is 20.2 Å². The monoisotopic (exact) mass is 274 g/mol. The maximum atomic E-state index is 12.2. The van der Waals surface area contributed by atoms with Gasteiger partial charge in [0.2, 0.25) is 11.9 Å². The molecular weight excluding hydrogens is 252 g/mol. The van der Waals surface area contributed by atoms with Gasteiger partial charge in [-0.15, -0.1) is 0 Å². The lowest BCUT2D eigenvalue weighted by atomic mass is 9.97. The number of piperidine rings is 1. The molecule has 108 valence electrons. The lowest BCUT2D eigenvalue weighted by Crippen LogP contribution is -2.44. The molecule has 1 N–H and O–H groups in total. The molecule has 1 aliphatic heterocycles. The molecule has 5 heteroatoms. The molecule has 0 bridgehead atoms. The number of nitrogens with one attached hydrogen (secondary N) is 1. The molecule has 2 aliphatic rings. The number of aryl methyl sites for hydroxylation is 2. The standard InChI is InChI=1S/C15H22N4O/c1-10-8-11(2)17-15(16-10)19-7-3-4-12(9-19)14(20)18-13-5-6-13/h8,12-13H,3-7,9H2,1-2H3,(H,18,20)/t12-/m0/s1. The van der Waals surface area contributed by atoms with Crippen molar-refractivity contribution in [3.63, 3.8) is 0 Å². The van der Waals surface area contributed by atoms with Crippen LogP contribution >= 0.6 is 0 Å². The van der Waals surface area contributed by atoms with Crippen LogP contribution in [-0.4, -0.2) is 35.0 Å². The number of nitrogens with zero attached hydrogens (tertiary/aromatic N) is 3. The third-order valence-electron chi connectivity index (χ3n) is 3.97. The van der Waals surface area contributed by atoms with E-state index in [1.165, 1.54) is 0 Å². The predicted molar refractivity (Wildman–Crippen MR) is 77.6 cm³/mol. The van der Waals surface area contributed by atoms with Gasteiger partial charge in [-0.25, -0.2) is 9.97 Å². The minimum absolute atomic E-state index is 0.0776. The third kappa shape index (κ3) is 3.08. The minimum Gasteiger partial charge on any atom is -0.353 e. The minimum atomic E-state index is 0.0776. The Kier molecular flexibility index (Phi) is 3.59. The van der Waals surface area contributed by atoms with Crippen LogP contribution in [-0.2, 0) is 4.79 Å². The van der Waals surface area contributed by atoms with Crippen molar-refractivity contribution in [3.8, 4) is 0 Å². The van der Waals surface area contributed by atoms with E-state index in [0.717, 1.165) is 56.1 Å². The molecule has 1 saturated carbocycles. The van der Waals surface area contributed by atoms with E-state index in [1.807, 2.05) is 19.9 Å². The lowest BCUT2D eigenvalue weighted by Gasteiger charge is -2.32. The summed E-state index contributed by atoms with van der Waals surface area (Å²) in [6, 6.07) is 2.42. The molecule has 5 nitrogen and oxygen atoms in total. The number of amides is 1. The second kappa shape index (κ2) is 5.38. The van der Waals surface area contributed by atoms with E-state index < -0.39 is 0 Å². The van der Waals surface area contributed by atoms with Gasteiger partial charge < -0.3 is 10.2 Å². The molecule has 0 radical (unpaired) electrons. The van der Waals surface area contributed by atoms with Gasteiger partial charge in [-0.05, 0) is 45.6 Å². The summed E-state index contributed by atoms with van der Waals surface area (Å²) in [7, 11) is 0. The van der Waals surface area contributed by atoms with Crippen LogP contribution in [0, 0.1) is 19.8 Å². The third-order valence-corrected chi connectivity index (χ3v) is 3.97. The van der Waals surface area contributed by atoms with Gasteiger partial charge in [0.25, 0.3) is 0 Å². The zero-order valence-electron chi connectivity index (χ0n) is 12.2. The van der Waals surface area contributed by atoms with Crippen LogP contribution in [0.2, 0.25) is 0 Å². The van der Waals surface area contributed by atoms with Crippen LogP contribution in [0.5, 0.6) is 0 Å². The van der Waals surface area contributed by atoms with Crippen molar-refractivity contribution >= 4 is 11.9 Å². The molecular formula is C15H22N4O. The van der Waals surface area contributed by atoms with Gasteiger partial charge in [-0.1, -0.05) is 0 Å². The Morgan fingerprint density at radius 3 is 2.60 bits per heavy atom. The average molecular weight is 274 g/mol. The maximum Gasteiger partial charge on any atom is 0.225 e. The zero-order chi connectivity index (χ0) is 14.1. The molecule has 1 atom stereocenters. The molecule has 1 aromatic heterocycles. The fourth-order valence-electron chi connectivity index (χ4n) is 2.77. The number of carbonyl (C=O) groups is 1. The number of anilines is 1. The summed E-state index contributed by atoms with van der Waals surface area (Å²) in [5.74, 6) is 1.06. The van der Waals surface area contributed by atoms with Crippen molar-refractivity contribution in [2.24, 2.45) is 5.92 Å². The van der Waals surface area contributed by atoms with E-state index in [9.17, 15) is 4.79 Å². The van der Waals surface area contributed by atoms with E-state index in [0.29, 0.717) is 6.04 Å². The average Bonchev–Trinajstić information content (AvgIpc) is 3.22. The lowest BCUT2D eigenvalue weighted by molar-refractivity contribution is -0.125. The first-order valence-electron chi connectivity index (χ1n) is 7.49. The summed E-state index contributed by atoms with van der Waals surface area (Å²) in [6.07, 6.45) is 4.28. The Balaban J connectivity index is 1.68. The molecule has 2 heterocycles. The number of aromatic nitrogens is 2. The molecule has 1 aliphatic carbocycles. The Labute approximate surface area is 119 Å². The van der Waals surface area contributed by atoms with Crippen molar-refractivity contribution < 1.29 is 4.79 Å². The number of hydrogen-bond donors (Lipinski definition) is 1. The summed E-state index contributed by atoms with van der Waals surface area (Å²) in [6.45, 7) is 5.65. The maximum absolute atomic E-state index is 12.2. The van der Waals surface area contributed by atoms with Crippen LogP contribution in [0.25, 0.3) is 0 Å². The fraction of sp³-hybridized carbons (Fsp3) is 0.667. The molecule has 1 amide bonds. The molecule has 1 aromatic rings. The van der Waals surface area contributed by atoms with Crippen LogP contribution in [0.3, 0.4) is 0 Å². The van der Waals surface area contributed by atoms with Gasteiger partial charge in [0.15, 0.2) is 0 Å². The number of rotatable bonds is 3. The van der Waals surface area contributed by atoms with Gasteiger partial charge >= 0.3 is 0 Å². The van der Waals surface area contributed by atoms with Crippen molar-refractivity contribution in [3.05, 3.63) is 17.5 Å². The highest BCUT2D eigenvalue weighted by atomic mass is 16.2. The summed E-state index contributed by atoms with van der Waals surface area (Å²) in [4.78, 5) is 23.3. The van der Waals surface area contributed by atoms with E-state index in [4.69, 9.17) is 0 Å². The number of carbonyl (C=O) groups excluding carboxylic acids is 1. The Hall–Kier alpha value is -1.65. The summed E-state index contributed by atoms with van der Waals surface area (Å²) in [5.41, 5.74) is 1.97. The van der Waals surface area contributed by atoms with Crippen LogP contribution in [0.4, 0.5) is 5.95 Å². The van der Waals surface area contributed by atoms with E-state index in [-0.39, 0.29) is 11.8 Å². The first kappa shape index (κ1) is 13.3. The Morgan fingerprint density at radius 1 is 1.25 bits per heavy atom. The quantitative estimate of drug-likeness (QED) is 0.909. The second-order valence-corrected chi connectivity index (χ2v) is 6.02. The van der Waals surface area contributed by atoms with Crippen molar-refractivity contribution in [2.75, 3.05) is 18.0 Å². The number of hydrogen-bond acceptors (Lipinski definition) is 4. The first-order valence-corrected chi connectivity index (χ1v) is 7.49. The van der Waals surface area contributed by atoms with Crippen LogP contribution in [0.15, 0.2) is 6.07 Å². The van der Waals surface area contributed by atoms with Gasteiger partial charge in [0.05, 0.1) is 5.92 Å². The highest BCUT2D eigenvalue weighted by Gasteiger charge is 2.31. The topological polar surface area (TPSA) is 58.1 Å². The predicted octanol–water partition coefficient (Wildman–Crippen LogP) is 1.59. The van der Waals surface area contributed by atoms with Crippen molar-refractivity contribution in [1.29, 1.82) is 0 Å². The zero-order valence-corrected chi connectivity index (χ0v) is 12.2. The SMILES string of the molecule is Cc1cc(C)nc(N2CCC[C@H](C(=O)NC3CC3)C2)n1. The first-order chi connectivity index (χ1) is 9.61. The molecule has 0 unspecified atom stereocenters. The summed E-state index contributed by atoms with van der Waals surface area (Å²) in [5, 5.41) is 3.11. The van der Waals surface area contributed by atoms with Crippen molar-refractivity contribution in [2.45, 2.75) is 45.6 Å². The smallest absolute Gasteiger partial charge is 0.225 e. The second-order valence-electron chi connectivity index (χ2n) is 6.02. The van der Waals surface area contributed by atoms with Crippen molar-refractivity contribution in [1.82, 2.24) is 15.3 Å². The van der Waals surface area contributed by atoms with Crippen LogP contribution in [0.1, 0.15) is 37.1 Å². The molecule has 3 rings (SSSR count). The highest BCUT2D eigenvalue weighted by molar-refractivity contribution is 5.80. The van der Waals surface area contributed by atoms with Gasteiger partial charge in [-0.2, -0.15) is 0 Å². The normalized spacial score (nSPS) is 22.7. The molecule has 1 saturated heterocycles. The van der Waals surface area contributed by atoms with Gasteiger partial charge in [-0.3, -0.25) is 4.79 Å². The van der Waals surface area contributed by atoms with Gasteiger partial charge in [0.1, 0.15) is 0 Å². The molecule has 2 fully saturated rings. The molecule has 0 aromatic carbocycles. The summed E-state index contributed by atoms with van der Waals surface area (Å²) < 4.78 is 0. The largest absolute Gasteiger partial charge is 0.353 e. The van der Waals surface area contributed by atoms with Gasteiger partial charge in [0, 0.05) is 30.5 Å². The van der Waals surface area contributed by atoms with E-state index in [1.54, 1.807) is 0 Å². The molecule has 0 spiro atoms. The fourth-order valence-corrected chi connectivity index (χ4v) is 2.77. The Bertz CT molecular complexity index is 492.